The Labute approximate surface area is 230 Å². The highest BCUT2D eigenvalue weighted by Crippen LogP contribution is 2.48. The molecule has 0 aromatic heterocycles. The third-order valence-electron chi connectivity index (χ3n) is 9.58. The summed E-state index contributed by atoms with van der Waals surface area (Å²) < 4.78 is 12.8. The third-order valence-corrected chi connectivity index (χ3v) is 9.82. The van der Waals surface area contributed by atoms with Crippen molar-refractivity contribution in [3.63, 3.8) is 0 Å². The Bertz CT molecular complexity index is 1250. The minimum Gasteiger partial charge on any atom is -0.508 e. The van der Waals surface area contributed by atoms with Gasteiger partial charge in [0.2, 0.25) is 0 Å². The monoisotopic (exact) mass is 535 g/mol. The number of anilines is 1. The van der Waals surface area contributed by atoms with E-state index in [1.165, 1.54) is 11.1 Å². The molecule has 38 heavy (non-hydrogen) atoms. The van der Waals surface area contributed by atoms with Crippen LogP contribution in [0.1, 0.15) is 55.2 Å². The van der Waals surface area contributed by atoms with Crippen molar-refractivity contribution in [3.05, 3.63) is 77.3 Å². The van der Waals surface area contributed by atoms with Gasteiger partial charge in [0.15, 0.2) is 0 Å². The number of halogens is 1. The van der Waals surface area contributed by atoms with Crippen LogP contribution in [0.25, 0.3) is 5.76 Å². The van der Waals surface area contributed by atoms with Gasteiger partial charge in [-0.1, -0.05) is 30.3 Å². The van der Waals surface area contributed by atoms with E-state index < -0.39 is 5.60 Å². The molecule has 0 unspecified atom stereocenters. The zero-order chi connectivity index (χ0) is 26.5. The Morgan fingerprint density at radius 3 is 2.82 bits per heavy atom. The maximum atomic E-state index is 10.9. The summed E-state index contributed by atoms with van der Waals surface area (Å²) in [4.78, 5) is 2.48. The Hall–Kier alpha value is -2.47. The minimum absolute atomic E-state index is 0.0447. The molecule has 5 nitrogen and oxygen atoms in total. The summed E-state index contributed by atoms with van der Waals surface area (Å²) in [5.41, 5.74) is 3.41. The number of fused-ring (bicyclic) bond motifs is 3. The summed E-state index contributed by atoms with van der Waals surface area (Å²) in [7, 11) is 0. The SMILES string of the molecule is C=C[C@@]1(O)CCO[C@@H]([C@@H]2CC[C@H]2CN2C[C@@]3(CCCc4cc(Cl)ccc43)COc3ccc(C(=C)O)cc32)C1. The van der Waals surface area contributed by atoms with Gasteiger partial charge in [-0.25, -0.2) is 0 Å². The lowest BCUT2D eigenvalue weighted by atomic mass is 9.67. The van der Waals surface area contributed by atoms with Crippen LogP contribution in [0.5, 0.6) is 5.75 Å². The van der Waals surface area contributed by atoms with Crippen molar-refractivity contribution in [2.24, 2.45) is 11.8 Å². The van der Waals surface area contributed by atoms with Crippen LogP contribution in [0.3, 0.4) is 0 Å². The topological polar surface area (TPSA) is 62.2 Å². The van der Waals surface area contributed by atoms with Crippen LogP contribution in [0.15, 0.2) is 55.6 Å². The molecule has 2 N–H and O–H groups in total. The molecule has 2 aliphatic heterocycles. The van der Waals surface area contributed by atoms with Gasteiger partial charge in [-0.3, -0.25) is 0 Å². The van der Waals surface area contributed by atoms with Gasteiger partial charge in [0, 0.05) is 41.9 Å². The Morgan fingerprint density at radius 1 is 1.18 bits per heavy atom. The molecule has 0 bridgehead atoms. The predicted molar refractivity (Wildman–Crippen MR) is 152 cm³/mol. The van der Waals surface area contributed by atoms with E-state index in [2.05, 4.69) is 30.2 Å². The molecule has 202 valence electrons. The van der Waals surface area contributed by atoms with Crippen LogP contribution in [-0.2, 0) is 16.6 Å². The van der Waals surface area contributed by atoms with Crippen LogP contribution in [0.2, 0.25) is 5.02 Å². The number of rotatable bonds is 5. The van der Waals surface area contributed by atoms with Crippen molar-refractivity contribution in [2.45, 2.75) is 62.1 Å². The van der Waals surface area contributed by atoms with Gasteiger partial charge in [-0.2, -0.15) is 0 Å². The highest BCUT2D eigenvalue weighted by molar-refractivity contribution is 6.30. The van der Waals surface area contributed by atoms with Crippen molar-refractivity contribution in [3.8, 4) is 5.75 Å². The second-order valence-electron chi connectivity index (χ2n) is 11.9. The zero-order valence-electron chi connectivity index (χ0n) is 22.0. The van der Waals surface area contributed by atoms with E-state index in [1.807, 2.05) is 24.3 Å². The lowest BCUT2D eigenvalue weighted by molar-refractivity contribution is -0.125. The van der Waals surface area contributed by atoms with Crippen molar-refractivity contribution >= 4 is 23.0 Å². The molecule has 0 amide bonds. The first-order valence-corrected chi connectivity index (χ1v) is 14.3. The van der Waals surface area contributed by atoms with Gasteiger partial charge in [0.1, 0.15) is 11.5 Å². The molecule has 2 fully saturated rings. The van der Waals surface area contributed by atoms with E-state index in [1.54, 1.807) is 6.08 Å². The molecule has 2 aromatic rings. The van der Waals surface area contributed by atoms with Crippen molar-refractivity contribution in [1.29, 1.82) is 0 Å². The number of aliphatic hydroxyl groups is 2. The van der Waals surface area contributed by atoms with Crippen LogP contribution in [0, 0.1) is 11.8 Å². The average Bonchev–Trinajstić information content (AvgIpc) is 3.03. The summed E-state index contributed by atoms with van der Waals surface area (Å²) in [6.07, 6.45) is 8.40. The second-order valence-corrected chi connectivity index (χ2v) is 12.3. The summed E-state index contributed by atoms with van der Waals surface area (Å²) in [5.74, 6) is 1.76. The highest BCUT2D eigenvalue weighted by Gasteiger charge is 2.46. The molecule has 6 rings (SSSR count). The van der Waals surface area contributed by atoms with Gasteiger partial charge in [-0.05, 0) is 85.4 Å². The fourth-order valence-corrected chi connectivity index (χ4v) is 7.44. The standard InChI is InChI=1S/C32H38ClNO4/c1-3-32(36)13-14-37-30(17-32)26-9-6-24(26)18-34-19-31(12-4-5-23-15-25(33)8-10-27(23)31)20-38-29-11-7-22(21(2)35)16-28(29)34/h3,7-8,10-11,15-16,24,26,30,35-36H,1-2,4-6,9,12-14,17-20H2/t24-,26+,30+,31-,32+/m0/s1. The van der Waals surface area contributed by atoms with E-state index in [9.17, 15) is 10.2 Å². The Balaban J connectivity index is 1.33. The number of aryl methyl sites for hydroxylation is 1. The fourth-order valence-electron chi connectivity index (χ4n) is 7.24. The molecular formula is C32H38ClNO4. The fraction of sp³-hybridized carbons (Fsp3) is 0.500. The molecule has 2 aromatic carbocycles. The van der Waals surface area contributed by atoms with Crippen molar-refractivity contribution in [1.82, 2.24) is 0 Å². The largest absolute Gasteiger partial charge is 0.508 e. The summed E-state index contributed by atoms with van der Waals surface area (Å²) in [6, 6.07) is 12.2. The Morgan fingerprint density at radius 2 is 2.05 bits per heavy atom. The van der Waals surface area contributed by atoms with E-state index in [0.717, 1.165) is 61.7 Å². The number of hydrogen-bond acceptors (Lipinski definition) is 5. The van der Waals surface area contributed by atoms with Crippen LogP contribution in [0.4, 0.5) is 5.69 Å². The first-order chi connectivity index (χ1) is 18.3. The molecule has 4 aliphatic rings. The normalized spacial score (nSPS) is 32.4. The van der Waals surface area contributed by atoms with Gasteiger partial charge in [0.25, 0.3) is 0 Å². The van der Waals surface area contributed by atoms with E-state index >= 15 is 0 Å². The second kappa shape index (κ2) is 9.93. The lowest BCUT2D eigenvalue weighted by Gasteiger charge is -2.48. The van der Waals surface area contributed by atoms with Gasteiger partial charge < -0.3 is 24.6 Å². The molecule has 1 saturated carbocycles. The molecular weight excluding hydrogens is 498 g/mol. The average molecular weight is 536 g/mol. The first kappa shape index (κ1) is 25.8. The number of hydrogen-bond donors (Lipinski definition) is 2. The van der Waals surface area contributed by atoms with Crippen LogP contribution in [-0.4, -0.2) is 48.2 Å². The van der Waals surface area contributed by atoms with Gasteiger partial charge in [-0.15, -0.1) is 6.58 Å². The van der Waals surface area contributed by atoms with Crippen molar-refractivity contribution < 1.29 is 19.7 Å². The highest BCUT2D eigenvalue weighted by atomic mass is 35.5. The van der Waals surface area contributed by atoms with Crippen LogP contribution < -0.4 is 9.64 Å². The summed E-state index contributed by atoms with van der Waals surface area (Å²) in [6.45, 7) is 10.5. The van der Waals surface area contributed by atoms with E-state index in [0.29, 0.717) is 43.5 Å². The summed E-state index contributed by atoms with van der Waals surface area (Å²) in [5, 5.41) is 21.9. The van der Waals surface area contributed by atoms with Crippen molar-refractivity contribution in [2.75, 3.05) is 31.2 Å². The number of benzene rings is 2. The first-order valence-electron chi connectivity index (χ1n) is 14.0. The number of aliphatic hydroxyl groups excluding tert-OH is 1. The van der Waals surface area contributed by atoms with Gasteiger partial charge in [0.05, 0.1) is 30.6 Å². The Kier molecular flexibility index (Phi) is 6.74. The third kappa shape index (κ3) is 4.63. The molecule has 0 radical (unpaired) electrons. The van der Waals surface area contributed by atoms with Crippen LogP contribution >= 0.6 is 11.6 Å². The predicted octanol–water partition coefficient (Wildman–Crippen LogP) is 6.46. The molecule has 2 heterocycles. The summed E-state index contributed by atoms with van der Waals surface area (Å²) >= 11 is 6.39. The maximum Gasteiger partial charge on any atom is 0.142 e. The number of ether oxygens (including phenoxy) is 2. The number of nitrogens with zero attached hydrogens (tertiary/aromatic N) is 1. The maximum absolute atomic E-state index is 10.9. The van der Waals surface area contributed by atoms with E-state index in [-0.39, 0.29) is 17.3 Å². The van der Waals surface area contributed by atoms with Gasteiger partial charge >= 0.3 is 0 Å². The zero-order valence-corrected chi connectivity index (χ0v) is 22.8. The minimum atomic E-state index is -0.834. The lowest BCUT2D eigenvalue weighted by Crippen LogP contribution is -2.52. The molecule has 2 aliphatic carbocycles. The quantitative estimate of drug-likeness (QED) is 0.339. The molecule has 6 heteroatoms. The molecule has 1 saturated heterocycles. The smallest absolute Gasteiger partial charge is 0.142 e. The van der Waals surface area contributed by atoms with E-state index in [4.69, 9.17) is 21.1 Å². The molecule has 5 atom stereocenters. The molecule has 1 spiro atoms.